The molecular weight excluding hydrogens is 328 g/mol. The zero-order valence-electron chi connectivity index (χ0n) is 13.4. The standard InChI is InChI=1S/C17H18N2O4S/c1-22-11-5-6-13(23-2)12(9-11)18-17(21)14-7-8-15(24-14)19-16(20)10-3-4-10/h5-10H,3-4H2,1-2H3,(H,18,21)(H,19,20). The van der Waals surface area contributed by atoms with E-state index >= 15 is 0 Å². The molecule has 24 heavy (non-hydrogen) atoms. The van der Waals surface area contributed by atoms with E-state index in [-0.39, 0.29) is 17.7 Å². The second-order valence-electron chi connectivity index (χ2n) is 5.45. The lowest BCUT2D eigenvalue weighted by atomic mass is 10.2. The Morgan fingerprint density at radius 2 is 1.88 bits per heavy atom. The van der Waals surface area contributed by atoms with Gasteiger partial charge in [-0.2, -0.15) is 0 Å². The van der Waals surface area contributed by atoms with Crippen molar-refractivity contribution in [2.75, 3.05) is 24.9 Å². The van der Waals surface area contributed by atoms with Gasteiger partial charge in [0.1, 0.15) is 11.5 Å². The fourth-order valence-electron chi connectivity index (χ4n) is 2.19. The highest BCUT2D eigenvalue weighted by Gasteiger charge is 2.29. The van der Waals surface area contributed by atoms with Crippen molar-refractivity contribution in [2.24, 2.45) is 5.92 Å². The molecule has 1 fully saturated rings. The Hall–Kier alpha value is -2.54. The molecule has 2 aromatic rings. The van der Waals surface area contributed by atoms with Gasteiger partial charge in [0, 0.05) is 12.0 Å². The van der Waals surface area contributed by atoms with Gasteiger partial charge in [-0.1, -0.05) is 0 Å². The molecule has 1 heterocycles. The van der Waals surface area contributed by atoms with Crippen molar-refractivity contribution in [1.82, 2.24) is 0 Å². The van der Waals surface area contributed by atoms with Crippen molar-refractivity contribution < 1.29 is 19.1 Å². The first-order chi connectivity index (χ1) is 11.6. The molecule has 1 aliphatic carbocycles. The molecule has 3 rings (SSSR count). The number of carbonyl (C=O) groups is 2. The number of hydrogen-bond donors (Lipinski definition) is 2. The molecule has 2 amide bonds. The van der Waals surface area contributed by atoms with Crippen molar-refractivity contribution in [3.05, 3.63) is 35.2 Å². The minimum absolute atomic E-state index is 0.0262. The topological polar surface area (TPSA) is 76.7 Å². The van der Waals surface area contributed by atoms with Crippen molar-refractivity contribution >= 4 is 33.8 Å². The first kappa shape index (κ1) is 16.3. The van der Waals surface area contributed by atoms with Gasteiger partial charge in [0.2, 0.25) is 5.91 Å². The van der Waals surface area contributed by atoms with Crippen LogP contribution in [0.3, 0.4) is 0 Å². The molecule has 1 aromatic heterocycles. The van der Waals surface area contributed by atoms with Crippen molar-refractivity contribution in [3.63, 3.8) is 0 Å². The Bertz CT molecular complexity index is 768. The molecule has 0 bridgehead atoms. The van der Waals surface area contributed by atoms with E-state index in [1.807, 2.05) is 0 Å². The van der Waals surface area contributed by atoms with Crippen LogP contribution in [0, 0.1) is 5.92 Å². The van der Waals surface area contributed by atoms with E-state index in [4.69, 9.17) is 9.47 Å². The van der Waals surface area contributed by atoms with Gasteiger partial charge in [0.25, 0.3) is 5.91 Å². The van der Waals surface area contributed by atoms with Gasteiger partial charge in [0.05, 0.1) is 29.8 Å². The van der Waals surface area contributed by atoms with Crippen LogP contribution >= 0.6 is 11.3 Å². The summed E-state index contributed by atoms with van der Waals surface area (Å²) in [4.78, 5) is 24.7. The molecule has 0 spiro atoms. The zero-order valence-corrected chi connectivity index (χ0v) is 14.2. The second-order valence-corrected chi connectivity index (χ2v) is 6.53. The minimum Gasteiger partial charge on any atom is -0.497 e. The Kier molecular flexibility index (Phi) is 4.71. The van der Waals surface area contributed by atoms with Crippen LogP contribution in [0.5, 0.6) is 11.5 Å². The molecule has 6 nitrogen and oxygen atoms in total. The number of anilines is 2. The van der Waals surface area contributed by atoms with Crippen molar-refractivity contribution in [3.8, 4) is 11.5 Å². The van der Waals surface area contributed by atoms with Crippen molar-refractivity contribution in [1.29, 1.82) is 0 Å². The number of rotatable bonds is 6. The van der Waals surface area contributed by atoms with E-state index in [1.54, 1.807) is 37.4 Å². The minimum atomic E-state index is -0.265. The fraction of sp³-hybridized carbons (Fsp3) is 0.294. The van der Waals surface area contributed by atoms with Crippen LogP contribution in [-0.2, 0) is 4.79 Å². The number of carbonyl (C=O) groups excluding carboxylic acids is 2. The lowest BCUT2D eigenvalue weighted by Gasteiger charge is -2.11. The van der Waals surface area contributed by atoms with Gasteiger partial charge in [0.15, 0.2) is 0 Å². The first-order valence-electron chi connectivity index (χ1n) is 7.55. The highest BCUT2D eigenvalue weighted by Crippen LogP contribution is 2.33. The predicted molar refractivity (Wildman–Crippen MR) is 93.2 cm³/mol. The average molecular weight is 346 g/mol. The Morgan fingerprint density at radius 3 is 2.54 bits per heavy atom. The monoisotopic (exact) mass is 346 g/mol. The van der Waals surface area contributed by atoms with E-state index in [0.29, 0.717) is 27.1 Å². The van der Waals surface area contributed by atoms with E-state index in [1.165, 1.54) is 18.4 Å². The number of ether oxygens (including phenoxy) is 2. The van der Waals surface area contributed by atoms with E-state index in [0.717, 1.165) is 12.8 Å². The lowest BCUT2D eigenvalue weighted by Crippen LogP contribution is -2.12. The SMILES string of the molecule is COc1ccc(OC)c(NC(=O)c2ccc(NC(=O)C3CC3)s2)c1. The van der Waals surface area contributed by atoms with Gasteiger partial charge >= 0.3 is 0 Å². The number of hydrogen-bond acceptors (Lipinski definition) is 5. The molecule has 0 atom stereocenters. The third kappa shape index (κ3) is 3.68. The molecule has 0 radical (unpaired) electrons. The normalized spacial score (nSPS) is 13.2. The largest absolute Gasteiger partial charge is 0.497 e. The molecule has 0 aliphatic heterocycles. The summed E-state index contributed by atoms with van der Waals surface area (Å²) in [6.45, 7) is 0. The zero-order chi connectivity index (χ0) is 17.1. The maximum atomic E-state index is 12.4. The third-order valence-electron chi connectivity index (χ3n) is 3.68. The van der Waals surface area contributed by atoms with Crippen LogP contribution in [0.15, 0.2) is 30.3 Å². The second kappa shape index (κ2) is 6.92. The Labute approximate surface area is 143 Å². The number of benzene rings is 1. The summed E-state index contributed by atoms with van der Waals surface area (Å²) >= 11 is 1.24. The smallest absolute Gasteiger partial charge is 0.265 e. The molecule has 0 unspecified atom stereocenters. The van der Waals surface area contributed by atoms with Crippen LogP contribution in [0.4, 0.5) is 10.7 Å². The molecular formula is C17H18N2O4S. The quantitative estimate of drug-likeness (QED) is 0.841. The van der Waals surface area contributed by atoms with Gasteiger partial charge in [-0.15, -0.1) is 11.3 Å². The van der Waals surface area contributed by atoms with Crippen LogP contribution in [-0.4, -0.2) is 26.0 Å². The average Bonchev–Trinajstić information content (AvgIpc) is 3.34. The van der Waals surface area contributed by atoms with E-state index in [9.17, 15) is 9.59 Å². The maximum Gasteiger partial charge on any atom is 0.265 e. The van der Waals surface area contributed by atoms with Gasteiger partial charge < -0.3 is 20.1 Å². The molecule has 1 aliphatic rings. The van der Waals surface area contributed by atoms with Gasteiger partial charge in [-0.3, -0.25) is 9.59 Å². The summed E-state index contributed by atoms with van der Waals surface area (Å²) in [7, 11) is 3.09. The van der Waals surface area contributed by atoms with Gasteiger partial charge in [-0.05, 0) is 37.1 Å². The van der Waals surface area contributed by atoms with E-state index < -0.39 is 0 Å². The molecule has 7 heteroatoms. The van der Waals surface area contributed by atoms with Crippen LogP contribution < -0.4 is 20.1 Å². The van der Waals surface area contributed by atoms with Crippen LogP contribution in [0.2, 0.25) is 0 Å². The summed E-state index contributed by atoms with van der Waals surface area (Å²) in [5, 5.41) is 6.32. The fourth-order valence-corrected chi connectivity index (χ4v) is 3.00. The third-order valence-corrected chi connectivity index (χ3v) is 4.68. The summed E-state index contributed by atoms with van der Waals surface area (Å²) in [6.07, 6.45) is 1.89. The van der Waals surface area contributed by atoms with E-state index in [2.05, 4.69) is 10.6 Å². The molecule has 2 N–H and O–H groups in total. The first-order valence-corrected chi connectivity index (χ1v) is 8.36. The van der Waals surface area contributed by atoms with Crippen LogP contribution in [0.1, 0.15) is 22.5 Å². The highest BCUT2D eigenvalue weighted by atomic mass is 32.1. The molecule has 1 aromatic carbocycles. The summed E-state index contributed by atoms with van der Waals surface area (Å²) < 4.78 is 10.4. The number of methoxy groups -OCH3 is 2. The van der Waals surface area contributed by atoms with Gasteiger partial charge in [-0.25, -0.2) is 0 Å². The lowest BCUT2D eigenvalue weighted by molar-refractivity contribution is -0.117. The number of amides is 2. The molecule has 1 saturated carbocycles. The molecule has 126 valence electrons. The maximum absolute atomic E-state index is 12.4. The summed E-state index contributed by atoms with van der Waals surface area (Å²) in [6, 6.07) is 8.60. The summed E-state index contributed by atoms with van der Waals surface area (Å²) in [5.41, 5.74) is 0.527. The summed E-state index contributed by atoms with van der Waals surface area (Å²) in [5.74, 6) is 1.06. The Morgan fingerprint density at radius 1 is 1.08 bits per heavy atom. The Balaban J connectivity index is 1.70. The highest BCUT2D eigenvalue weighted by molar-refractivity contribution is 7.18. The molecule has 0 saturated heterocycles. The predicted octanol–water partition coefficient (Wildman–Crippen LogP) is 3.37. The van der Waals surface area contributed by atoms with Crippen LogP contribution in [0.25, 0.3) is 0 Å². The number of thiophene rings is 1. The number of nitrogens with one attached hydrogen (secondary N) is 2. The van der Waals surface area contributed by atoms with Crippen molar-refractivity contribution in [2.45, 2.75) is 12.8 Å².